The standard InChI is InChI=1S/C20H27N3O3S2/c1-22(2)17-10-8-16(9-11-17)20(24)21-13-12-18-6-3-4-14-23(18)28(25,26)19-7-5-15-27-19/h5,7-11,15,18H,3-4,6,12-14H2,1-2H3,(H,21,24). The molecule has 1 N–H and O–H groups in total. The van der Waals surface area contributed by atoms with Gasteiger partial charge in [-0.05, 0) is 55.0 Å². The molecule has 1 aliphatic rings. The number of rotatable bonds is 7. The van der Waals surface area contributed by atoms with Gasteiger partial charge < -0.3 is 10.2 Å². The van der Waals surface area contributed by atoms with Crippen molar-refractivity contribution >= 4 is 33.0 Å². The number of sulfonamides is 1. The second kappa shape index (κ2) is 9.07. The van der Waals surface area contributed by atoms with Crippen molar-refractivity contribution in [2.24, 2.45) is 0 Å². The molecule has 1 fully saturated rings. The molecular weight excluding hydrogens is 394 g/mol. The Kier molecular flexibility index (Phi) is 6.74. The van der Waals surface area contributed by atoms with E-state index in [1.807, 2.05) is 31.1 Å². The van der Waals surface area contributed by atoms with Crippen LogP contribution in [0.5, 0.6) is 0 Å². The van der Waals surface area contributed by atoms with Crippen molar-refractivity contribution in [1.29, 1.82) is 0 Å². The minimum Gasteiger partial charge on any atom is -0.378 e. The quantitative estimate of drug-likeness (QED) is 0.745. The smallest absolute Gasteiger partial charge is 0.252 e. The number of hydrogen-bond acceptors (Lipinski definition) is 5. The van der Waals surface area contributed by atoms with Crippen molar-refractivity contribution in [1.82, 2.24) is 9.62 Å². The summed E-state index contributed by atoms with van der Waals surface area (Å²) in [5, 5.41) is 4.72. The number of carbonyl (C=O) groups is 1. The molecule has 6 nitrogen and oxygen atoms in total. The number of thiophene rings is 1. The van der Waals surface area contributed by atoms with Gasteiger partial charge in [0.05, 0.1) is 0 Å². The summed E-state index contributed by atoms with van der Waals surface area (Å²) < 4.78 is 27.8. The Morgan fingerprint density at radius 1 is 1.21 bits per heavy atom. The summed E-state index contributed by atoms with van der Waals surface area (Å²) in [6.07, 6.45) is 3.34. The van der Waals surface area contributed by atoms with E-state index >= 15 is 0 Å². The molecular formula is C20H27N3O3S2. The average molecular weight is 422 g/mol. The molecule has 0 spiro atoms. The van der Waals surface area contributed by atoms with Gasteiger partial charge in [-0.25, -0.2) is 8.42 Å². The van der Waals surface area contributed by atoms with E-state index in [1.54, 1.807) is 34.0 Å². The van der Waals surface area contributed by atoms with Crippen LogP contribution in [0.3, 0.4) is 0 Å². The second-order valence-corrected chi connectivity index (χ2v) is 10.2. The van der Waals surface area contributed by atoms with E-state index in [-0.39, 0.29) is 11.9 Å². The lowest BCUT2D eigenvalue weighted by atomic mass is 10.0. The van der Waals surface area contributed by atoms with Crippen LogP contribution in [0.15, 0.2) is 46.0 Å². The van der Waals surface area contributed by atoms with Gasteiger partial charge in [0.15, 0.2) is 0 Å². The molecule has 1 aromatic carbocycles. The zero-order valence-corrected chi connectivity index (χ0v) is 17.9. The fourth-order valence-corrected chi connectivity index (χ4v) is 6.31. The Morgan fingerprint density at radius 2 is 1.96 bits per heavy atom. The van der Waals surface area contributed by atoms with Gasteiger partial charge in [0.2, 0.25) is 0 Å². The van der Waals surface area contributed by atoms with Crippen LogP contribution < -0.4 is 10.2 Å². The van der Waals surface area contributed by atoms with Gasteiger partial charge in [0, 0.05) is 44.5 Å². The summed E-state index contributed by atoms with van der Waals surface area (Å²) in [5.41, 5.74) is 1.64. The predicted octanol–water partition coefficient (Wildman–Crippen LogP) is 3.18. The van der Waals surface area contributed by atoms with Gasteiger partial charge in [-0.2, -0.15) is 4.31 Å². The van der Waals surface area contributed by atoms with Gasteiger partial charge in [-0.15, -0.1) is 11.3 Å². The molecule has 0 saturated carbocycles. The predicted molar refractivity (Wildman–Crippen MR) is 114 cm³/mol. The number of nitrogens with one attached hydrogen (secondary N) is 1. The zero-order valence-electron chi connectivity index (χ0n) is 16.3. The first-order valence-corrected chi connectivity index (χ1v) is 11.8. The van der Waals surface area contributed by atoms with Crippen LogP contribution >= 0.6 is 11.3 Å². The van der Waals surface area contributed by atoms with E-state index in [1.165, 1.54) is 11.3 Å². The summed E-state index contributed by atoms with van der Waals surface area (Å²) in [5.74, 6) is -0.131. The topological polar surface area (TPSA) is 69.7 Å². The molecule has 2 heterocycles. The van der Waals surface area contributed by atoms with E-state index in [9.17, 15) is 13.2 Å². The molecule has 3 rings (SSSR count). The number of carbonyl (C=O) groups excluding carboxylic acids is 1. The van der Waals surface area contributed by atoms with E-state index in [0.29, 0.717) is 29.3 Å². The Labute approximate surface area is 171 Å². The summed E-state index contributed by atoms with van der Waals surface area (Å²) in [7, 11) is 0.458. The van der Waals surface area contributed by atoms with Gasteiger partial charge in [0.1, 0.15) is 4.21 Å². The lowest BCUT2D eigenvalue weighted by molar-refractivity contribution is 0.0949. The monoisotopic (exact) mass is 421 g/mol. The van der Waals surface area contributed by atoms with E-state index in [0.717, 1.165) is 24.9 Å². The molecule has 2 aromatic rings. The SMILES string of the molecule is CN(C)c1ccc(C(=O)NCCC2CCCCN2S(=O)(=O)c2cccs2)cc1. The molecule has 0 bridgehead atoms. The van der Waals surface area contributed by atoms with Gasteiger partial charge in [-0.3, -0.25) is 4.79 Å². The Hall–Kier alpha value is -1.90. The van der Waals surface area contributed by atoms with Crippen LogP contribution in [0.4, 0.5) is 5.69 Å². The van der Waals surface area contributed by atoms with Crippen LogP contribution in [0.25, 0.3) is 0 Å². The van der Waals surface area contributed by atoms with Crippen LogP contribution in [-0.2, 0) is 10.0 Å². The number of nitrogens with zero attached hydrogens (tertiary/aromatic N) is 2. The summed E-state index contributed by atoms with van der Waals surface area (Å²) in [6.45, 7) is 1.00. The fraction of sp³-hybridized carbons (Fsp3) is 0.450. The minimum absolute atomic E-state index is 0.0720. The fourth-order valence-electron chi connectivity index (χ4n) is 3.47. The lowest BCUT2D eigenvalue weighted by Crippen LogP contribution is -2.44. The maximum Gasteiger partial charge on any atom is 0.252 e. The molecule has 152 valence electrons. The first kappa shape index (κ1) is 20.8. The van der Waals surface area contributed by atoms with Crippen molar-refractivity contribution < 1.29 is 13.2 Å². The molecule has 1 aromatic heterocycles. The Morgan fingerprint density at radius 3 is 2.61 bits per heavy atom. The van der Waals surface area contributed by atoms with Gasteiger partial charge in [-0.1, -0.05) is 12.5 Å². The third-order valence-corrected chi connectivity index (χ3v) is 8.37. The molecule has 1 amide bonds. The summed E-state index contributed by atoms with van der Waals surface area (Å²) in [6, 6.07) is 10.8. The maximum atomic E-state index is 12.9. The number of hydrogen-bond donors (Lipinski definition) is 1. The van der Waals surface area contributed by atoms with Gasteiger partial charge >= 0.3 is 0 Å². The Bertz CT molecular complexity index is 878. The van der Waals surface area contributed by atoms with Gasteiger partial charge in [0.25, 0.3) is 15.9 Å². The van der Waals surface area contributed by atoms with Crippen molar-refractivity contribution in [2.45, 2.75) is 35.9 Å². The highest BCUT2D eigenvalue weighted by atomic mass is 32.2. The molecule has 0 aliphatic carbocycles. The van der Waals surface area contributed by atoms with Crippen molar-refractivity contribution in [3.8, 4) is 0 Å². The van der Waals surface area contributed by atoms with E-state index in [4.69, 9.17) is 0 Å². The third kappa shape index (κ3) is 4.74. The third-order valence-electron chi connectivity index (χ3n) is 5.04. The summed E-state index contributed by atoms with van der Waals surface area (Å²) >= 11 is 1.25. The number of anilines is 1. The van der Waals surface area contributed by atoms with Crippen molar-refractivity contribution in [3.63, 3.8) is 0 Å². The van der Waals surface area contributed by atoms with Crippen LogP contribution in [-0.4, -0.2) is 51.9 Å². The molecule has 1 saturated heterocycles. The van der Waals surface area contributed by atoms with Crippen LogP contribution in [0.2, 0.25) is 0 Å². The molecule has 28 heavy (non-hydrogen) atoms. The molecule has 1 unspecified atom stereocenters. The lowest BCUT2D eigenvalue weighted by Gasteiger charge is -2.34. The number of amides is 1. The minimum atomic E-state index is -3.45. The molecule has 1 aliphatic heterocycles. The molecule has 8 heteroatoms. The maximum absolute atomic E-state index is 12.9. The zero-order chi connectivity index (χ0) is 20.1. The number of benzene rings is 1. The summed E-state index contributed by atoms with van der Waals surface area (Å²) in [4.78, 5) is 14.4. The van der Waals surface area contributed by atoms with E-state index in [2.05, 4.69) is 5.32 Å². The highest BCUT2D eigenvalue weighted by molar-refractivity contribution is 7.91. The van der Waals surface area contributed by atoms with Crippen molar-refractivity contribution in [3.05, 3.63) is 47.3 Å². The molecule has 1 atom stereocenters. The molecule has 0 radical (unpaired) electrons. The number of piperidine rings is 1. The largest absolute Gasteiger partial charge is 0.378 e. The first-order chi connectivity index (χ1) is 13.4. The highest BCUT2D eigenvalue weighted by Crippen LogP contribution is 2.29. The average Bonchev–Trinajstić information content (AvgIpc) is 3.24. The van der Waals surface area contributed by atoms with Crippen molar-refractivity contribution in [2.75, 3.05) is 32.1 Å². The van der Waals surface area contributed by atoms with Crippen LogP contribution in [0.1, 0.15) is 36.0 Å². The Balaban J connectivity index is 1.58. The van der Waals surface area contributed by atoms with Crippen LogP contribution in [0, 0.1) is 0 Å². The second-order valence-electron chi connectivity index (χ2n) is 7.18. The van der Waals surface area contributed by atoms with E-state index < -0.39 is 10.0 Å². The highest BCUT2D eigenvalue weighted by Gasteiger charge is 2.33. The normalized spacial score (nSPS) is 18.0. The first-order valence-electron chi connectivity index (χ1n) is 9.50.